The first-order valence-corrected chi connectivity index (χ1v) is 8.74. The quantitative estimate of drug-likeness (QED) is 0.548. The summed E-state index contributed by atoms with van der Waals surface area (Å²) in [5, 5.41) is 0. The Kier molecular flexibility index (Phi) is 6.18. The molecular formula is C23H22O3. The molecule has 0 fully saturated rings. The number of ether oxygens (including phenoxy) is 2. The number of hydrogen-bond donors (Lipinski definition) is 0. The summed E-state index contributed by atoms with van der Waals surface area (Å²) in [5.74, 6) is -0.287. The summed E-state index contributed by atoms with van der Waals surface area (Å²) in [6.07, 6.45) is 0. The van der Waals surface area contributed by atoms with Crippen LogP contribution >= 0.6 is 0 Å². The number of carbonyl (C=O) groups is 1. The third kappa shape index (κ3) is 4.80. The Morgan fingerprint density at radius 1 is 0.731 bits per heavy atom. The summed E-state index contributed by atoms with van der Waals surface area (Å²) in [5.41, 5.74) is 5.04. The lowest BCUT2D eigenvalue weighted by Crippen LogP contribution is -2.03. The molecule has 3 aromatic carbocycles. The van der Waals surface area contributed by atoms with Crippen molar-refractivity contribution >= 4 is 5.97 Å². The van der Waals surface area contributed by atoms with Crippen molar-refractivity contribution in [3.63, 3.8) is 0 Å². The van der Waals surface area contributed by atoms with Gasteiger partial charge >= 0.3 is 5.97 Å². The number of carbonyl (C=O) groups excluding carboxylic acids is 1. The molecule has 0 bridgehead atoms. The van der Waals surface area contributed by atoms with E-state index in [1.54, 1.807) is 19.1 Å². The highest BCUT2D eigenvalue weighted by atomic mass is 16.5. The van der Waals surface area contributed by atoms with Gasteiger partial charge in [0.05, 0.1) is 25.4 Å². The van der Waals surface area contributed by atoms with E-state index >= 15 is 0 Å². The van der Waals surface area contributed by atoms with Crippen molar-refractivity contribution in [2.75, 3.05) is 6.61 Å². The molecule has 0 spiro atoms. The SMILES string of the molecule is CCOC(=O)c1ccc(-c2ccc(COCc3ccccc3)cc2)cc1. The molecule has 0 saturated carbocycles. The van der Waals surface area contributed by atoms with Crippen molar-refractivity contribution in [1.82, 2.24) is 0 Å². The van der Waals surface area contributed by atoms with Crippen molar-refractivity contribution in [2.24, 2.45) is 0 Å². The molecule has 0 aliphatic rings. The van der Waals surface area contributed by atoms with Gasteiger partial charge in [-0.25, -0.2) is 4.79 Å². The van der Waals surface area contributed by atoms with Gasteiger partial charge in [-0.2, -0.15) is 0 Å². The van der Waals surface area contributed by atoms with Crippen LogP contribution in [0.3, 0.4) is 0 Å². The van der Waals surface area contributed by atoms with Gasteiger partial charge in [0.1, 0.15) is 0 Å². The molecule has 0 aliphatic carbocycles. The molecule has 3 rings (SSSR count). The van der Waals surface area contributed by atoms with Crippen LogP contribution in [0.4, 0.5) is 0 Å². The van der Waals surface area contributed by atoms with Gasteiger partial charge in [0.15, 0.2) is 0 Å². The number of benzene rings is 3. The van der Waals surface area contributed by atoms with Gasteiger partial charge < -0.3 is 9.47 Å². The lowest BCUT2D eigenvalue weighted by Gasteiger charge is -2.07. The van der Waals surface area contributed by atoms with E-state index in [1.165, 1.54) is 5.56 Å². The second-order valence-electron chi connectivity index (χ2n) is 5.97. The second-order valence-corrected chi connectivity index (χ2v) is 5.97. The molecule has 0 radical (unpaired) electrons. The van der Waals surface area contributed by atoms with Crippen LogP contribution in [0.25, 0.3) is 11.1 Å². The van der Waals surface area contributed by atoms with Gasteiger partial charge in [0, 0.05) is 0 Å². The maximum Gasteiger partial charge on any atom is 0.338 e. The zero-order valence-electron chi connectivity index (χ0n) is 14.9. The summed E-state index contributed by atoms with van der Waals surface area (Å²) in [4.78, 5) is 11.7. The van der Waals surface area contributed by atoms with Gasteiger partial charge in [-0.05, 0) is 41.3 Å². The monoisotopic (exact) mass is 346 g/mol. The third-order valence-corrected chi connectivity index (χ3v) is 4.06. The first-order chi connectivity index (χ1) is 12.8. The minimum Gasteiger partial charge on any atom is -0.462 e. The van der Waals surface area contributed by atoms with E-state index in [4.69, 9.17) is 9.47 Å². The van der Waals surface area contributed by atoms with Crippen molar-refractivity contribution < 1.29 is 14.3 Å². The van der Waals surface area contributed by atoms with Crippen molar-refractivity contribution in [3.8, 4) is 11.1 Å². The van der Waals surface area contributed by atoms with E-state index in [1.807, 2.05) is 30.3 Å². The van der Waals surface area contributed by atoms with Crippen LogP contribution in [0, 0.1) is 0 Å². The molecule has 0 N–H and O–H groups in total. The van der Waals surface area contributed by atoms with Crippen LogP contribution in [0.2, 0.25) is 0 Å². The van der Waals surface area contributed by atoms with Crippen molar-refractivity contribution in [3.05, 3.63) is 95.6 Å². The molecule has 26 heavy (non-hydrogen) atoms. The van der Waals surface area contributed by atoms with E-state index in [0.29, 0.717) is 25.4 Å². The predicted octanol–water partition coefficient (Wildman–Crippen LogP) is 5.25. The van der Waals surface area contributed by atoms with Crippen LogP contribution in [0.5, 0.6) is 0 Å². The highest BCUT2D eigenvalue weighted by Crippen LogP contribution is 2.21. The second kappa shape index (κ2) is 8.97. The van der Waals surface area contributed by atoms with E-state index in [9.17, 15) is 4.79 Å². The molecular weight excluding hydrogens is 324 g/mol. The highest BCUT2D eigenvalue weighted by molar-refractivity contribution is 5.90. The van der Waals surface area contributed by atoms with Gasteiger partial charge in [0.2, 0.25) is 0 Å². The predicted molar refractivity (Wildman–Crippen MR) is 103 cm³/mol. The van der Waals surface area contributed by atoms with Crippen LogP contribution in [0.1, 0.15) is 28.4 Å². The van der Waals surface area contributed by atoms with Gasteiger partial charge in [-0.1, -0.05) is 66.7 Å². The lowest BCUT2D eigenvalue weighted by atomic mass is 10.0. The molecule has 0 unspecified atom stereocenters. The fourth-order valence-corrected chi connectivity index (χ4v) is 2.67. The van der Waals surface area contributed by atoms with Crippen LogP contribution in [-0.4, -0.2) is 12.6 Å². The van der Waals surface area contributed by atoms with Gasteiger partial charge in [0.25, 0.3) is 0 Å². The largest absolute Gasteiger partial charge is 0.462 e. The number of hydrogen-bond acceptors (Lipinski definition) is 3. The molecule has 3 aromatic rings. The summed E-state index contributed by atoms with van der Waals surface area (Å²) < 4.78 is 10.8. The van der Waals surface area contributed by atoms with Crippen molar-refractivity contribution in [2.45, 2.75) is 20.1 Å². The van der Waals surface area contributed by atoms with Crippen molar-refractivity contribution in [1.29, 1.82) is 0 Å². The Morgan fingerprint density at radius 2 is 1.27 bits per heavy atom. The molecule has 0 heterocycles. The third-order valence-electron chi connectivity index (χ3n) is 4.06. The molecule has 0 aliphatic heterocycles. The Morgan fingerprint density at radius 3 is 1.85 bits per heavy atom. The average Bonchev–Trinajstić information content (AvgIpc) is 2.70. The van der Waals surface area contributed by atoms with Crippen LogP contribution < -0.4 is 0 Å². The molecule has 0 saturated heterocycles. The van der Waals surface area contributed by atoms with Gasteiger partial charge in [-0.3, -0.25) is 0 Å². The molecule has 3 heteroatoms. The standard InChI is InChI=1S/C23H22O3/c1-2-26-23(24)22-14-12-21(13-15-22)20-10-8-19(9-11-20)17-25-16-18-6-4-3-5-7-18/h3-15H,2,16-17H2,1H3. The summed E-state index contributed by atoms with van der Waals surface area (Å²) in [6, 6.07) is 25.9. The van der Waals surface area contributed by atoms with E-state index < -0.39 is 0 Å². The topological polar surface area (TPSA) is 35.5 Å². The van der Waals surface area contributed by atoms with E-state index in [0.717, 1.165) is 16.7 Å². The normalized spacial score (nSPS) is 10.5. The zero-order chi connectivity index (χ0) is 18.2. The average molecular weight is 346 g/mol. The lowest BCUT2D eigenvalue weighted by molar-refractivity contribution is 0.0526. The van der Waals surface area contributed by atoms with Crippen LogP contribution in [-0.2, 0) is 22.7 Å². The van der Waals surface area contributed by atoms with Crippen LogP contribution in [0.15, 0.2) is 78.9 Å². The Hall–Kier alpha value is -2.91. The smallest absolute Gasteiger partial charge is 0.338 e. The molecule has 3 nitrogen and oxygen atoms in total. The maximum atomic E-state index is 11.7. The summed E-state index contributed by atoms with van der Waals surface area (Å²) >= 11 is 0. The van der Waals surface area contributed by atoms with E-state index in [2.05, 4.69) is 36.4 Å². The Labute approximate surface area is 154 Å². The first kappa shape index (κ1) is 17.9. The summed E-state index contributed by atoms with van der Waals surface area (Å²) in [7, 11) is 0. The Bertz CT molecular complexity index is 822. The van der Waals surface area contributed by atoms with Gasteiger partial charge in [-0.15, -0.1) is 0 Å². The van der Waals surface area contributed by atoms with E-state index in [-0.39, 0.29) is 5.97 Å². The molecule has 132 valence electrons. The Balaban J connectivity index is 1.57. The summed E-state index contributed by atoms with van der Waals surface area (Å²) in [6.45, 7) is 3.38. The first-order valence-electron chi connectivity index (χ1n) is 8.74. The molecule has 0 amide bonds. The minimum absolute atomic E-state index is 0.287. The fourth-order valence-electron chi connectivity index (χ4n) is 2.67. The fraction of sp³-hybridized carbons (Fsp3) is 0.174. The minimum atomic E-state index is -0.287. The number of rotatable bonds is 7. The molecule has 0 aromatic heterocycles. The maximum absolute atomic E-state index is 11.7. The highest BCUT2D eigenvalue weighted by Gasteiger charge is 2.06. The molecule has 0 atom stereocenters. The number of esters is 1. The zero-order valence-corrected chi connectivity index (χ0v) is 14.9.